The number of hydrogen-bond donors (Lipinski definition) is 0. The Balaban J connectivity index is 2.18. The van der Waals surface area contributed by atoms with Gasteiger partial charge in [-0.25, -0.2) is 4.39 Å². The molecule has 0 N–H and O–H groups in total. The summed E-state index contributed by atoms with van der Waals surface area (Å²) in [4.78, 5) is 14.0. The number of hydrogen-bond acceptors (Lipinski definition) is 1. The number of halogens is 3. The molecule has 1 unspecified atom stereocenters. The van der Waals surface area contributed by atoms with Gasteiger partial charge in [-0.1, -0.05) is 0 Å². The van der Waals surface area contributed by atoms with Crippen molar-refractivity contribution in [2.24, 2.45) is 0 Å². The van der Waals surface area contributed by atoms with Crippen molar-refractivity contribution in [3.8, 4) is 0 Å². The lowest BCUT2D eigenvalue weighted by molar-refractivity contribution is 0.0726. The van der Waals surface area contributed by atoms with E-state index >= 15 is 0 Å². The minimum atomic E-state index is -0.320. The Morgan fingerprint density at radius 2 is 2.29 bits per heavy atom. The lowest BCUT2D eigenvalue weighted by atomic mass is 10.1. The topological polar surface area (TPSA) is 20.3 Å². The van der Waals surface area contributed by atoms with Crippen LogP contribution in [0.3, 0.4) is 0 Å². The van der Waals surface area contributed by atoms with Gasteiger partial charge in [-0.3, -0.25) is 4.79 Å². The fourth-order valence-corrected chi connectivity index (χ4v) is 2.97. The molecule has 0 spiro atoms. The Morgan fingerprint density at radius 3 is 2.94 bits per heavy atom. The minimum Gasteiger partial charge on any atom is -0.337 e. The van der Waals surface area contributed by atoms with E-state index < -0.39 is 0 Å². The summed E-state index contributed by atoms with van der Waals surface area (Å²) in [6.45, 7) is 1.31. The number of nitrogens with zero attached hydrogens (tertiary/aromatic N) is 1. The summed E-state index contributed by atoms with van der Waals surface area (Å²) in [6.07, 6.45) is 1.88. The highest BCUT2D eigenvalue weighted by Crippen LogP contribution is 2.20. The van der Waals surface area contributed by atoms with E-state index in [0.717, 1.165) is 19.4 Å². The van der Waals surface area contributed by atoms with Crippen LogP contribution in [0.1, 0.15) is 23.2 Å². The third-order valence-electron chi connectivity index (χ3n) is 2.81. The lowest BCUT2D eigenvalue weighted by Crippen LogP contribution is -2.40. The molecule has 2 nitrogen and oxygen atoms in total. The van der Waals surface area contributed by atoms with Crippen molar-refractivity contribution in [3.63, 3.8) is 0 Å². The minimum absolute atomic E-state index is 0.0332. The van der Waals surface area contributed by atoms with Crippen LogP contribution in [0, 0.1) is 9.39 Å². The van der Waals surface area contributed by atoms with Crippen molar-refractivity contribution in [1.29, 1.82) is 0 Å². The number of carbonyl (C=O) groups excluding carboxylic acids is 1. The third kappa shape index (κ3) is 3.10. The fraction of sp³-hybridized carbons (Fsp3) is 0.417. The average molecular weight is 368 g/mol. The first-order chi connectivity index (χ1) is 8.08. The zero-order chi connectivity index (χ0) is 12.4. The molecule has 2 rings (SSSR count). The van der Waals surface area contributed by atoms with Gasteiger partial charge < -0.3 is 4.90 Å². The predicted molar refractivity (Wildman–Crippen MR) is 73.9 cm³/mol. The Labute approximate surface area is 118 Å². The first kappa shape index (κ1) is 13.1. The monoisotopic (exact) mass is 367 g/mol. The maximum atomic E-state index is 13.0. The van der Waals surface area contributed by atoms with Crippen LogP contribution in [0.15, 0.2) is 18.2 Å². The summed E-state index contributed by atoms with van der Waals surface area (Å²) in [5.74, 6) is -0.375. The molecule has 0 saturated carbocycles. The summed E-state index contributed by atoms with van der Waals surface area (Å²) < 4.78 is 13.6. The van der Waals surface area contributed by atoms with E-state index in [9.17, 15) is 9.18 Å². The summed E-state index contributed by atoms with van der Waals surface area (Å²) in [6, 6.07) is 4.23. The molecule has 0 bridgehead atoms. The zero-order valence-corrected chi connectivity index (χ0v) is 12.0. The number of carbonyl (C=O) groups is 1. The smallest absolute Gasteiger partial charge is 0.254 e. The zero-order valence-electron chi connectivity index (χ0n) is 9.13. The number of alkyl halides is 1. The highest BCUT2D eigenvalue weighted by Gasteiger charge is 2.24. The molecule has 1 fully saturated rings. The maximum Gasteiger partial charge on any atom is 0.254 e. The van der Waals surface area contributed by atoms with Crippen LogP contribution in [-0.2, 0) is 0 Å². The Bertz CT molecular complexity index is 441. The average Bonchev–Trinajstić information content (AvgIpc) is 2.28. The molecule has 1 aliphatic rings. The van der Waals surface area contributed by atoms with Crippen molar-refractivity contribution in [3.05, 3.63) is 33.1 Å². The van der Waals surface area contributed by atoms with Gasteiger partial charge in [0.1, 0.15) is 5.82 Å². The van der Waals surface area contributed by atoms with Crippen molar-refractivity contribution in [1.82, 2.24) is 4.90 Å². The van der Waals surface area contributed by atoms with E-state index in [-0.39, 0.29) is 17.1 Å². The number of benzene rings is 1. The Hall–Kier alpha value is -0.360. The summed E-state index contributed by atoms with van der Waals surface area (Å²) >= 11 is 8.03. The fourth-order valence-electron chi connectivity index (χ4n) is 1.94. The second-order valence-electron chi connectivity index (χ2n) is 4.11. The summed E-state index contributed by atoms with van der Waals surface area (Å²) in [5, 5.41) is 0.0332. The SMILES string of the molecule is O=C(c1ccc(F)cc1I)N1CCCC(Cl)C1. The molecule has 1 aromatic rings. The summed E-state index contributed by atoms with van der Waals surface area (Å²) in [7, 11) is 0. The second-order valence-corrected chi connectivity index (χ2v) is 5.89. The van der Waals surface area contributed by atoms with Gasteiger partial charge in [0.05, 0.1) is 10.9 Å². The van der Waals surface area contributed by atoms with Gasteiger partial charge in [0, 0.05) is 16.7 Å². The highest BCUT2D eigenvalue weighted by molar-refractivity contribution is 14.1. The number of likely N-dealkylation sites (tertiary alicyclic amines) is 1. The lowest BCUT2D eigenvalue weighted by Gasteiger charge is -2.30. The van der Waals surface area contributed by atoms with E-state index in [1.807, 2.05) is 22.6 Å². The van der Waals surface area contributed by atoms with Crippen molar-refractivity contribution in [2.75, 3.05) is 13.1 Å². The van der Waals surface area contributed by atoms with Crippen LogP contribution < -0.4 is 0 Å². The number of piperidine rings is 1. The number of rotatable bonds is 1. The molecule has 92 valence electrons. The standard InChI is InChI=1S/C12H12ClFINO/c13-8-2-1-5-16(7-8)12(17)10-4-3-9(14)6-11(10)15/h3-4,6,8H,1-2,5,7H2. The van der Waals surface area contributed by atoms with Crippen molar-refractivity contribution < 1.29 is 9.18 Å². The van der Waals surface area contributed by atoms with Gasteiger partial charge in [-0.15, -0.1) is 11.6 Å². The van der Waals surface area contributed by atoms with E-state index in [1.54, 1.807) is 4.90 Å². The van der Waals surface area contributed by atoms with Gasteiger partial charge >= 0.3 is 0 Å². The molecule has 17 heavy (non-hydrogen) atoms. The van der Waals surface area contributed by atoms with Gasteiger partial charge in [-0.2, -0.15) is 0 Å². The molecule has 1 amide bonds. The van der Waals surface area contributed by atoms with Crippen LogP contribution in [0.25, 0.3) is 0 Å². The molecular formula is C12H12ClFINO. The van der Waals surface area contributed by atoms with Crippen LogP contribution in [0.4, 0.5) is 4.39 Å². The van der Waals surface area contributed by atoms with E-state index in [0.29, 0.717) is 15.7 Å². The molecule has 1 heterocycles. The molecule has 5 heteroatoms. The van der Waals surface area contributed by atoms with Crippen LogP contribution in [0.5, 0.6) is 0 Å². The predicted octanol–water partition coefficient (Wildman–Crippen LogP) is 3.27. The van der Waals surface area contributed by atoms with Crippen LogP contribution in [0.2, 0.25) is 0 Å². The first-order valence-corrected chi connectivity index (χ1v) is 6.98. The van der Waals surface area contributed by atoms with Gasteiger partial charge in [-0.05, 0) is 53.6 Å². The molecule has 0 aromatic heterocycles. The molecule has 1 atom stereocenters. The van der Waals surface area contributed by atoms with Gasteiger partial charge in [0.25, 0.3) is 5.91 Å². The maximum absolute atomic E-state index is 13.0. The van der Waals surface area contributed by atoms with Gasteiger partial charge in [0.2, 0.25) is 0 Å². The van der Waals surface area contributed by atoms with E-state index in [1.165, 1.54) is 18.2 Å². The third-order valence-corrected chi connectivity index (χ3v) is 4.06. The first-order valence-electron chi connectivity index (χ1n) is 5.46. The van der Waals surface area contributed by atoms with Crippen LogP contribution >= 0.6 is 34.2 Å². The van der Waals surface area contributed by atoms with Gasteiger partial charge in [0.15, 0.2) is 0 Å². The van der Waals surface area contributed by atoms with Crippen molar-refractivity contribution >= 4 is 40.1 Å². The second kappa shape index (κ2) is 5.52. The van der Waals surface area contributed by atoms with Crippen molar-refractivity contribution in [2.45, 2.75) is 18.2 Å². The Kier molecular flexibility index (Phi) is 4.25. The molecule has 0 radical (unpaired) electrons. The molecule has 0 aliphatic carbocycles. The molecule has 1 aromatic carbocycles. The number of amides is 1. The highest BCUT2D eigenvalue weighted by atomic mass is 127. The van der Waals surface area contributed by atoms with E-state index in [4.69, 9.17) is 11.6 Å². The largest absolute Gasteiger partial charge is 0.337 e. The normalized spacial score (nSPS) is 20.4. The Morgan fingerprint density at radius 1 is 1.53 bits per heavy atom. The quantitative estimate of drug-likeness (QED) is 0.551. The van der Waals surface area contributed by atoms with Crippen LogP contribution in [-0.4, -0.2) is 29.3 Å². The molecular weight excluding hydrogens is 355 g/mol. The summed E-state index contributed by atoms with van der Waals surface area (Å²) in [5.41, 5.74) is 0.553. The van der Waals surface area contributed by atoms with E-state index in [2.05, 4.69) is 0 Å². The molecule has 1 saturated heterocycles. The molecule has 1 aliphatic heterocycles.